The molecule has 1 aliphatic heterocycles. The average molecular weight is 402 g/mol. The lowest BCUT2D eigenvalue weighted by Gasteiger charge is -2.31. The average Bonchev–Trinajstić information content (AvgIpc) is 3.10. The van der Waals surface area contributed by atoms with Crippen molar-refractivity contribution in [2.24, 2.45) is 5.92 Å². The van der Waals surface area contributed by atoms with Crippen molar-refractivity contribution >= 4 is 29.1 Å². The van der Waals surface area contributed by atoms with Gasteiger partial charge in [0.05, 0.1) is 16.2 Å². The molecule has 1 saturated heterocycles. The van der Waals surface area contributed by atoms with Gasteiger partial charge in [0.15, 0.2) is 6.61 Å². The first kappa shape index (κ1) is 20.3. The van der Waals surface area contributed by atoms with Gasteiger partial charge in [-0.3, -0.25) is 20.2 Å². The number of hydrogen-bond donors (Lipinski definition) is 1. The minimum absolute atomic E-state index is 0.00846. The second-order valence-electron chi connectivity index (χ2n) is 7.09. The molecule has 154 valence electrons. The van der Waals surface area contributed by atoms with Crippen LogP contribution in [0.5, 0.6) is 0 Å². The lowest BCUT2D eigenvalue weighted by molar-refractivity contribution is -0.384. The van der Waals surface area contributed by atoms with Gasteiger partial charge < -0.3 is 14.2 Å². The molecule has 29 heavy (non-hydrogen) atoms. The number of anilines is 2. The van der Waals surface area contributed by atoms with Crippen molar-refractivity contribution in [3.05, 3.63) is 45.6 Å². The molecule has 0 unspecified atom stereocenters. The molecule has 0 bridgehead atoms. The number of esters is 1. The van der Waals surface area contributed by atoms with Crippen LogP contribution in [0.15, 0.2) is 28.8 Å². The van der Waals surface area contributed by atoms with Crippen LogP contribution in [0.3, 0.4) is 0 Å². The van der Waals surface area contributed by atoms with Gasteiger partial charge in [-0.15, -0.1) is 0 Å². The number of piperidine rings is 1. The molecule has 0 aliphatic carbocycles. The molecule has 3 rings (SSSR count). The van der Waals surface area contributed by atoms with E-state index in [0.717, 1.165) is 25.9 Å². The summed E-state index contributed by atoms with van der Waals surface area (Å²) < 4.78 is 9.80. The fourth-order valence-electron chi connectivity index (χ4n) is 3.12. The molecule has 0 atom stereocenters. The Balaban J connectivity index is 1.65. The molecular formula is C19H22N4O6. The first-order valence-electron chi connectivity index (χ1n) is 9.27. The van der Waals surface area contributed by atoms with E-state index in [0.29, 0.717) is 17.3 Å². The zero-order valence-corrected chi connectivity index (χ0v) is 16.2. The molecule has 1 N–H and O–H groups in total. The summed E-state index contributed by atoms with van der Waals surface area (Å²) in [4.78, 5) is 37.0. The molecule has 0 spiro atoms. The normalized spacial score (nSPS) is 14.5. The number of benzene rings is 1. The fraction of sp³-hybridized carbons (Fsp3) is 0.421. The van der Waals surface area contributed by atoms with E-state index in [2.05, 4.69) is 17.4 Å². The number of amides is 1. The number of nitrogens with one attached hydrogen (secondary N) is 1. The van der Waals surface area contributed by atoms with Crippen molar-refractivity contribution in [1.82, 2.24) is 5.16 Å². The third-order valence-electron chi connectivity index (χ3n) is 4.76. The first-order valence-corrected chi connectivity index (χ1v) is 9.27. The van der Waals surface area contributed by atoms with Crippen LogP contribution in [0.1, 0.15) is 35.8 Å². The van der Waals surface area contributed by atoms with Gasteiger partial charge in [-0.1, -0.05) is 12.1 Å². The number of carbonyl (C=O) groups excluding carboxylic acids is 2. The van der Waals surface area contributed by atoms with Crippen molar-refractivity contribution in [2.45, 2.75) is 26.7 Å². The molecule has 1 aliphatic rings. The summed E-state index contributed by atoms with van der Waals surface area (Å²) in [7, 11) is 0. The Morgan fingerprint density at radius 2 is 2.07 bits per heavy atom. The van der Waals surface area contributed by atoms with E-state index >= 15 is 0 Å². The summed E-state index contributed by atoms with van der Waals surface area (Å²) in [6, 6.07) is 5.74. The van der Waals surface area contributed by atoms with E-state index < -0.39 is 23.4 Å². The summed E-state index contributed by atoms with van der Waals surface area (Å²) in [6.45, 7) is 4.75. The highest BCUT2D eigenvalue weighted by atomic mass is 16.6. The molecule has 1 fully saturated rings. The van der Waals surface area contributed by atoms with Crippen LogP contribution >= 0.6 is 0 Å². The second kappa shape index (κ2) is 8.72. The number of aryl methyl sites for hydroxylation is 1. The van der Waals surface area contributed by atoms with E-state index in [-0.39, 0.29) is 17.1 Å². The van der Waals surface area contributed by atoms with Gasteiger partial charge in [0.2, 0.25) is 5.88 Å². The van der Waals surface area contributed by atoms with Crippen LogP contribution in [0.2, 0.25) is 0 Å². The number of aromatic nitrogens is 1. The Hall–Kier alpha value is -3.43. The molecule has 1 aromatic carbocycles. The zero-order valence-electron chi connectivity index (χ0n) is 16.2. The number of hydrogen-bond acceptors (Lipinski definition) is 8. The molecule has 10 nitrogen and oxygen atoms in total. The Bertz CT molecular complexity index is 917. The molecule has 1 aromatic heterocycles. The predicted molar refractivity (Wildman–Crippen MR) is 104 cm³/mol. The first-order chi connectivity index (χ1) is 13.8. The van der Waals surface area contributed by atoms with Gasteiger partial charge in [0, 0.05) is 25.2 Å². The van der Waals surface area contributed by atoms with Crippen LogP contribution < -0.4 is 10.2 Å². The molecule has 2 heterocycles. The largest absolute Gasteiger partial charge is 0.452 e. The van der Waals surface area contributed by atoms with Crippen molar-refractivity contribution in [3.8, 4) is 0 Å². The number of nitrogens with zero attached hydrogens (tertiary/aromatic N) is 3. The molecule has 0 radical (unpaired) electrons. The number of carbonyl (C=O) groups is 2. The van der Waals surface area contributed by atoms with Crippen LogP contribution in [0.4, 0.5) is 17.3 Å². The van der Waals surface area contributed by atoms with Gasteiger partial charge in [-0.25, -0.2) is 4.79 Å². The van der Waals surface area contributed by atoms with E-state index in [9.17, 15) is 19.7 Å². The molecular weight excluding hydrogens is 380 g/mol. The van der Waals surface area contributed by atoms with Gasteiger partial charge >= 0.3 is 5.97 Å². The lowest BCUT2D eigenvalue weighted by Crippen LogP contribution is -2.33. The summed E-state index contributed by atoms with van der Waals surface area (Å²) in [6.07, 6.45) is 1.92. The Labute approximate surface area is 166 Å². The number of nitro groups is 1. The monoisotopic (exact) mass is 402 g/mol. The maximum atomic E-state index is 12.2. The molecule has 10 heteroatoms. The molecule has 1 amide bonds. The fourth-order valence-corrected chi connectivity index (χ4v) is 3.12. The maximum absolute atomic E-state index is 12.2. The molecule has 2 aromatic rings. The predicted octanol–water partition coefficient (Wildman–Crippen LogP) is 2.92. The minimum Gasteiger partial charge on any atom is -0.452 e. The van der Waals surface area contributed by atoms with Crippen LogP contribution in [-0.2, 0) is 9.53 Å². The Morgan fingerprint density at radius 1 is 1.34 bits per heavy atom. The second-order valence-corrected chi connectivity index (χ2v) is 7.09. The molecule has 0 saturated carbocycles. The Kier molecular flexibility index (Phi) is 6.10. The van der Waals surface area contributed by atoms with E-state index in [1.807, 2.05) is 4.90 Å². The van der Waals surface area contributed by atoms with E-state index in [1.54, 1.807) is 13.0 Å². The van der Waals surface area contributed by atoms with E-state index in [4.69, 9.17) is 9.26 Å². The standard InChI is InChI=1S/C19H22N4O6/c1-12-5-7-22(8-6-12)15-4-3-14(10-16(15)23(26)27)19(25)28-11-17(24)20-18-9-13(2)21-29-18/h3-4,9-10,12H,5-8,11H2,1-2H3,(H,20,24). The summed E-state index contributed by atoms with van der Waals surface area (Å²) in [5, 5.41) is 17.5. The highest BCUT2D eigenvalue weighted by molar-refractivity contribution is 5.95. The zero-order chi connectivity index (χ0) is 21.0. The van der Waals surface area contributed by atoms with Gasteiger partial charge in [-0.2, -0.15) is 0 Å². The minimum atomic E-state index is -0.823. The number of rotatable bonds is 6. The Morgan fingerprint density at radius 3 is 2.69 bits per heavy atom. The summed E-state index contributed by atoms with van der Waals surface area (Å²) in [5.41, 5.74) is 0.925. The van der Waals surface area contributed by atoms with Crippen molar-refractivity contribution in [3.63, 3.8) is 0 Å². The lowest BCUT2D eigenvalue weighted by atomic mass is 9.98. The van der Waals surface area contributed by atoms with Crippen molar-refractivity contribution in [1.29, 1.82) is 0 Å². The van der Waals surface area contributed by atoms with Crippen LogP contribution in [0, 0.1) is 23.0 Å². The summed E-state index contributed by atoms with van der Waals surface area (Å²) in [5.74, 6) is -0.704. The van der Waals surface area contributed by atoms with Crippen LogP contribution in [-0.4, -0.2) is 41.7 Å². The highest BCUT2D eigenvalue weighted by Crippen LogP contribution is 2.32. The third kappa shape index (κ3) is 5.09. The summed E-state index contributed by atoms with van der Waals surface area (Å²) >= 11 is 0. The maximum Gasteiger partial charge on any atom is 0.338 e. The smallest absolute Gasteiger partial charge is 0.338 e. The number of ether oxygens (including phenoxy) is 1. The van der Waals surface area contributed by atoms with Crippen molar-refractivity contribution in [2.75, 3.05) is 29.9 Å². The SMILES string of the molecule is Cc1cc(NC(=O)COC(=O)c2ccc(N3CCC(C)CC3)c([N+](=O)[O-])c2)on1. The number of nitro benzene ring substituents is 1. The highest BCUT2D eigenvalue weighted by Gasteiger charge is 2.25. The van der Waals surface area contributed by atoms with Crippen molar-refractivity contribution < 1.29 is 23.8 Å². The third-order valence-corrected chi connectivity index (χ3v) is 4.76. The van der Waals surface area contributed by atoms with Gasteiger partial charge in [0.1, 0.15) is 5.69 Å². The van der Waals surface area contributed by atoms with Gasteiger partial charge in [0.25, 0.3) is 11.6 Å². The topological polar surface area (TPSA) is 128 Å². The van der Waals surface area contributed by atoms with Crippen LogP contribution in [0.25, 0.3) is 0 Å². The van der Waals surface area contributed by atoms with Gasteiger partial charge in [-0.05, 0) is 37.8 Å². The van der Waals surface area contributed by atoms with E-state index in [1.165, 1.54) is 18.2 Å². The quantitative estimate of drug-likeness (QED) is 0.444.